The van der Waals surface area contributed by atoms with Crippen molar-refractivity contribution in [3.63, 3.8) is 0 Å². The van der Waals surface area contributed by atoms with Gasteiger partial charge in [-0.05, 0) is 11.1 Å². The van der Waals surface area contributed by atoms with E-state index in [1.165, 1.54) is 17.0 Å². The number of amides is 1. The Morgan fingerprint density at radius 1 is 1.21 bits per heavy atom. The van der Waals surface area contributed by atoms with Crippen LogP contribution in [0.4, 0.5) is 0 Å². The number of nitrogens with zero attached hydrogens (tertiary/aromatic N) is 1. The van der Waals surface area contributed by atoms with Gasteiger partial charge in [0.1, 0.15) is 0 Å². The smallest absolute Gasteiger partial charge is 0.223 e. The molecule has 6 nitrogen and oxygen atoms in total. The number of aliphatic carboxylic acids is 1. The van der Waals surface area contributed by atoms with Crippen molar-refractivity contribution < 1.29 is 24.6 Å². The zero-order chi connectivity index (χ0) is 14.0. The Hall–Kier alpha value is -2.37. The first kappa shape index (κ1) is 13.1. The lowest BCUT2D eigenvalue weighted by Crippen LogP contribution is -2.33. The summed E-state index contributed by atoms with van der Waals surface area (Å²) < 4.78 is 0. The molecule has 1 aromatic rings. The maximum absolute atomic E-state index is 11.6. The minimum Gasteiger partial charge on any atom is -0.550 e. The summed E-state index contributed by atoms with van der Waals surface area (Å²) in [6.45, 7) is 0.388. The first-order valence-corrected chi connectivity index (χ1v) is 5.76. The number of carbonyl (C=O) groups excluding carboxylic acids is 3. The number of carboxylic acid groups (broad SMARTS) is 2. The highest BCUT2D eigenvalue weighted by Crippen LogP contribution is 2.19. The van der Waals surface area contributed by atoms with Gasteiger partial charge in [0.05, 0.1) is 5.97 Å². The molecule has 0 spiro atoms. The van der Waals surface area contributed by atoms with Crippen molar-refractivity contribution in [1.29, 1.82) is 0 Å². The number of carboxylic acids is 2. The van der Waals surface area contributed by atoms with Crippen molar-refractivity contribution in [2.45, 2.75) is 13.0 Å². The standard InChI is InChI=1S/C13H13NO5/c15-11-5-10(13(18)19)7-14(11)6-8-1-3-9(4-2-8)12(16)17/h1-4,10H,5-7H2,(H,16,17)(H,18,19)/p-2/t10-/m1/s1. The Morgan fingerprint density at radius 2 is 1.84 bits per heavy atom. The van der Waals surface area contributed by atoms with Crippen LogP contribution < -0.4 is 10.2 Å². The van der Waals surface area contributed by atoms with Gasteiger partial charge in [-0.15, -0.1) is 0 Å². The van der Waals surface area contributed by atoms with Crippen LogP contribution in [0.5, 0.6) is 0 Å². The Labute approximate surface area is 109 Å². The fraction of sp³-hybridized carbons (Fsp3) is 0.308. The van der Waals surface area contributed by atoms with Crippen LogP contribution in [0.25, 0.3) is 0 Å². The van der Waals surface area contributed by atoms with Gasteiger partial charge >= 0.3 is 0 Å². The first-order valence-electron chi connectivity index (χ1n) is 5.76. The Balaban J connectivity index is 2.03. The molecule has 1 heterocycles. The van der Waals surface area contributed by atoms with E-state index in [-0.39, 0.29) is 31.0 Å². The third kappa shape index (κ3) is 2.90. The van der Waals surface area contributed by atoms with E-state index < -0.39 is 17.9 Å². The second kappa shape index (κ2) is 5.09. The number of hydrogen-bond acceptors (Lipinski definition) is 5. The molecule has 1 aromatic carbocycles. The van der Waals surface area contributed by atoms with Crippen LogP contribution in [0.1, 0.15) is 22.3 Å². The topological polar surface area (TPSA) is 101 Å². The summed E-state index contributed by atoms with van der Waals surface area (Å²) in [6, 6.07) is 5.93. The van der Waals surface area contributed by atoms with Gasteiger partial charge in [0.15, 0.2) is 0 Å². The predicted octanol–water partition coefficient (Wildman–Crippen LogP) is -1.85. The predicted molar refractivity (Wildman–Crippen MR) is 59.3 cm³/mol. The second-order valence-electron chi connectivity index (χ2n) is 4.48. The number of benzene rings is 1. The van der Waals surface area contributed by atoms with E-state index in [0.717, 1.165) is 5.56 Å². The molecular formula is C13H11NO5-2. The van der Waals surface area contributed by atoms with Crippen LogP contribution in [0, 0.1) is 5.92 Å². The average Bonchev–Trinajstić information content (AvgIpc) is 2.72. The molecule has 0 saturated carbocycles. The van der Waals surface area contributed by atoms with Crippen LogP contribution in [-0.2, 0) is 16.1 Å². The van der Waals surface area contributed by atoms with Crippen molar-refractivity contribution >= 4 is 17.8 Å². The van der Waals surface area contributed by atoms with Gasteiger partial charge in [0.2, 0.25) is 5.91 Å². The number of aromatic carboxylic acids is 1. The van der Waals surface area contributed by atoms with Crippen LogP contribution in [0.2, 0.25) is 0 Å². The normalized spacial score (nSPS) is 18.6. The summed E-state index contributed by atoms with van der Waals surface area (Å²) >= 11 is 0. The maximum Gasteiger partial charge on any atom is 0.223 e. The Kier molecular flexibility index (Phi) is 3.50. The van der Waals surface area contributed by atoms with Gasteiger partial charge < -0.3 is 24.7 Å². The fourth-order valence-electron chi connectivity index (χ4n) is 2.05. The van der Waals surface area contributed by atoms with Crippen molar-refractivity contribution in [2.75, 3.05) is 6.54 Å². The van der Waals surface area contributed by atoms with Crippen molar-refractivity contribution in [2.24, 2.45) is 5.92 Å². The highest BCUT2D eigenvalue weighted by molar-refractivity contribution is 5.86. The molecule has 0 unspecified atom stereocenters. The Morgan fingerprint density at radius 3 is 2.32 bits per heavy atom. The van der Waals surface area contributed by atoms with E-state index in [4.69, 9.17) is 0 Å². The molecule has 0 aromatic heterocycles. The van der Waals surface area contributed by atoms with E-state index in [0.29, 0.717) is 0 Å². The van der Waals surface area contributed by atoms with Gasteiger partial charge in [-0.3, -0.25) is 4.79 Å². The minimum absolute atomic E-state index is 0.0422. The molecule has 19 heavy (non-hydrogen) atoms. The van der Waals surface area contributed by atoms with Crippen molar-refractivity contribution in [3.8, 4) is 0 Å². The zero-order valence-electron chi connectivity index (χ0n) is 10.00. The fourth-order valence-corrected chi connectivity index (χ4v) is 2.05. The quantitative estimate of drug-likeness (QED) is 0.633. The molecule has 0 N–H and O–H groups in total. The lowest BCUT2D eigenvalue weighted by atomic mass is 10.1. The summed E-state index contributed by atoms with van der Waals surface area (Å²) in [5.41, 5.74) is 0.793. The third-order valence-electron chi connectivity index (χ3n) is 3.11. The highest BCUT2D eigenvalue weighted by atomic mass is 16.4. The summed E-state index contributed by atoms with van der Waals surface area (Å²) in [6.07, 6.45) is -0.0422. The molecule has 6 heteroatoms. The molecule has 1 atom stereocenters. The molecular weight excluding hydrogens is 250 g/mol. The third-order valence-corrected chi connectivity index (χ3v) is 3.11. The monoisotopic (exact) mass is 261 g/mol. The Bertz CT molecular complexity index is 522. The molecule has 100 valence electrons. The SMILES string of the molecule is O=C([O-])c1ccc(CN2C[C@H](C(=O)[O-])CC2=O)cc1. The summed E-state index contributed by atoms with van der Waals surface area (Å²) in [5, 5.41) is 21.3. The highest BCUT2D eigenvalue weighted by Gasteiger charge is 2.30. The molecule has 2 rings (SSSR count). The minimum atomic E-state index is -1.26. The van der Waals surface area contributed by atoms with Gasteiger partial charge in [-0.2, -0.15) is 0 Å². The van der Waals surface area contributed by atoms with Gasteiger partial charge in [-0.25, -0.2) is 0 Å². The molecule has 0 aliphatic carbocycles. The summed E-state index contributed by atoms with van der Waals surface area (Å²) in [4.78, 5) is 34.3. The molecule has 0 bridgehead atoms. The number of hydrogen-bond donors (Lipinski definition) is 0. The van der Waals surface area contributed by atoms with Crippen LogP contribution in [-0.4, -0.2) is 29.3 Å². The van der Waals surface area contributed by atoms with Crippen LogP contribution in [0.3, 0.4) is 0 Å². The van der Waals surface area contributed by atoms with Gasteiger partial charge in [0.25, 0.3) is 0 Å². The number of likely N-dealkylation sites (tertiary alicyclic amines) is 1. The largest absolute Gasteiger partial charge is 0.550 e. The van der Waals surface area contributed by atoms with Gasteiger partial charge in [-0.1, -0.05) is 24.3 Å². The number of rotatable bonds is 4. The van der Waals surface area contributed by atoms with Crippen LogP contribution in [0.15, 0.2) is 24.3 Å². The summed E-state index contributed by atoms with van der Waals surface area (Å²) in [7, 11) is 0. The van der Waals surface area contributed by atoms with E-state index in [1.54, 1.807) is 12.1 Å². The van der Waals surface area contributed by atoms with E-state index in [1.807, 2.05) is 0 Å². The maximum atomic E-state index is 11.6. The molecule has 1 aliphatic rings. The first-order chi connectivity index (χ1) is 8.97. The lowest BCUT2D eigenvalue weighted by molar-refractivity contribution is -0.311. The van der Waals surface area contributed by atoms with Crippen LogP contribution >= 0.6 is 0 Å². The van der Waals surface area contributed by atoms with E-state index in [9.17, 15) is 24.6 Å². The van der Waals surface area contributed by atoms with E-state index >= 15 is 0 Å². The molecule has 1 fully saturated rings. The molecule has 1 saturated heterocycles. The molecule has 1 aliphatic heterocycles. The second-order valence-corrected chi connectivity index (χ2v) is 4.48. The van der Waals surface area contributed by atoms with E-state index in [2.05, 4.69) is 0 Å². The number of carbonyl (C=O) groups is 3. The van der Waals surface area contributed by atoms with Gasteiger partial charge in [0, 0.05) is 31.4 Å². The molecule has 0 radical (unpaired) electrons. The van der Waals surface area contributed by atoms with Crippen molar-refractivity contribution in [1.82, 2.24) is 4.90 Å². The zero-order valence-corrected chi connectivity index (χ0v) is 10.00. The average molecular weight is 261 g/mol. The lowest BCUT2D eigenvalue weighted by Gasteiger charge is -2.17. The van der Waals surface area contributed by atoms with Crippen molar-refractivity contribution in [3.05, 3.63) is 35.4 Å². The molecule has 1 amide bonds. The summed E-state index contributed by atoms with van der Waals surface area (Å²) in [5.74, 6) is -3.49.